The number of hydrogen-bond donors (Lipinski definition) is 1. The molecule has 27 heavy (non-hydrogen) atoms. The summed E-state index contributed by atoms with van der Waals surface area (Å²) in [5.41, 5.74) is 2.59. The number of carbonyl (C=O) groups is 1. The average Bonchev–Trinajstić information content (AvgIpc) is 3.23. The fraction of sp³-hybridized carbons (Fsp3) is 0.286. The molecule has 6 nitrogen and oxygen atoms in total. The van der Waals surface area contributed by atoms with Crippen molar-refractivity contribution in [3.63, 3.8) is 0 Å². The zero-order valence-electron chi connectivity index (χ0n) is 15.3. The number of rotatable bonds is 5. The Kier molecular flexibility index (Phi) is 4.87. The summed E-state index contributed by atoms with van der Waals surface area (Å²) in [7, 11) is 0. The second-order valence-corrected chi connectivity index (χ2v) is 6.49. The van der Waals surface area contributed by atoms with E-state index in [0.29, 0.717) is 23.8 Å². The second-order valence-electron chi connectivity index (χ2n) is 6.49. The van der Waals surface area contributed by atoms with Crippen LogP contribution in [0.2, 0.25) is 0 Å². The molecule has 2 heterocycles. The number of benzene rings is 2. The molecule has 1 aliphatic rings. The predicted molar refractivity (Wildman–Crippen MR) is 107 cm³/mol. The predicted octanol–water partition coefficient (Wildman–Crippen LogP) is 3.88. The van der Waals surface area contributed by atoms with Gasteiger partial charge in [-0.2, -0.15) is 0 Å². The van der Waals surface area contributed by atoms with Crippen LogP contribution in [0, 0.1) is 0 Å². The van der Waals surface area contributed by atoms with Crippen LogP contribution in [0.3, 0.4) is 0 Å². The number of amides is 1. The molecular formula is C21H22N4O2. The third-order valence-electron chi connectivity index (χ3n) is 4.60. The molecule has 1 amide bonds. The summed E-state index contributed by atoms with van der Waals surface area (Å²) in [6.07, 6.45) is 2.21. The molecule has 0 saturated carbocycles. The van der Waals surface area contributed by atoms with E-state index in [0.717, 1.165) is 42.7 Å². The van der Waals surface area contributed by atoms with E-state index in [4.69, 9.17) is 9.72 Å². The summed E-state index contributed by atoms with van der Waals surface area (Å²) >= 11 is 0. The highest BCUT2D eigenvalue weighted by atomic mass is 16.5. The summed E-state index contributed by atoms with van der Waals surface area (Å²) in [6, 6.07) is 15.0. The molecule has 138 valence electrons. The van der Waals surface area contributed by atoms with Gasteiger partial charge in [-0.1, -0.05) is 12.1 Å². The Hall–Kier alpha value is -3.15. The Morgan fingerprint density at radius 2 is 1.70 bits per heavy atom. The summed E-state index contributed by atoms with van der Waals surface area (Å²) in [4.78, 5) is 24.5. The Morgan fingerprint density at radius 3 is 2.37 bits per heavy atom. The molecule has 2 aromatic carbocycles. The van der Waals surface area contributed by atoms with Crippen LogP contribution >= 0.6 is 0 Å². The standard InChI is InChI=1S/C21H22N4O2/c1-2-27-16-11-9-15(10-12-16)22-21(26)19-20(25-13-5-6-14-25)24-18-8-4-3-7-17(18)23-19/h3-4,7-12H,2,5-6,13-14H2,1H3,(H,22,26). The molecule has 1 aromatic heterocycles. The summed E-state index contributed by atoms with van der Waals surface area (Å²) < 4.78 is 5.44. The van der Waals surface area contributed by atoms with E-state index in [9.17, 15) is 4.79 Å². The van der Waals surface area contributed by atoms with Gasteiger partial charge in [0.2, 0.25) is 0 Å². The van der Waals surface area contributed by atoms with Crippen molar-refractivity contribution in [3.8, 4) is 5.75 Å². The molecule has 0 radical (unpaired) electrons. The lowest BCUT2D eigenvalue weighted by Crippen LogP contribution is -2.25. The van der Waals surface area contributed by atoms with Crippen molar-refractivity contribution in [2.24, 2.45) is 0 Å². The van der Waals surface area contributed by atoms with Gasteiger partial charge in [-0.25, -0.2) is 9.97 Å². The minimum atomic E-state index is -0.251. The maximum Gasteiger partial charge on any atom is 0.278 e. The van der Waals surface area contributed by atoms with Gasteiger partial charge in [-0.3, -0.25) is 4.79 Å². The third kappa shape index (κ3) is 3.69. The molecule has 6 heteroatoms. The Balaban J connectivity index is 1.66. The number of nitrogens with zero attached hydrogens (tertiary/aromatic N) is 3. The fourth-order valence-corrected chi connectivity index (χ4v) is 3.28. The van der Waals surface area contributed by atoms with Crippen molar-refractivity contribution >= 4 is 28.4 Å². The van der Waals surface area contributed by atoms with Gasteiger partial charge >= 0.3 is 0 Å². The molecule has 4 rings (SSSR count). The summed E-state index contributed by atoms with van der Waals surface area (Å²) in [5, 5.41) is 2.93. The highest BCUT2D eigenvalue weighted by Crippen LogP contribution is 2.25. The fourth-order valence-electron chi connectivity index (χ4n) is 3.28. The van der Waals surface area contributed by atoms with Crippen LogP contribution in [0.1, 0.15) is 30.3 Å². The first-order valence-electron chi connectivity index (χ1n) is 9.30. The lowest BCUT2D eigenvalue weighted by Gasteiger charge is -2.19. The zero-order valence-corrected chi connectivity index (χ0v) is 15.3. The van der Waals surface area contributed by atoms with Crippen LogP contribution in [0.5, 0.6) is 5.75 Å². The maximum absolute atomic E-state index is 13.0. The van der Waals surface area contributed by atoms with Gasteiger partial charge in [0.25, 0.3) is 5.91 Å². The molecular weight excluding hydrogens is 340 g/mol. The van der Waals surface area contributed by atoms with Gasteiger partial charge < -0.3 is 15.0 Å². The van der Waals surface area contributed by atoms with Gasteiger partial charge in [-0.15, -0.1) is 0 Å². The summed E-state index contributed by atoms with van der Waals surface area (Å²) in [5.74, 6) is 1.19. The monoisotopic (exact) mass is 362 g/mol. The molecule has 1 aliphatic heterocycles. The van der Waals surface area contributed by atoms with Crippen molar-refractivity contribution in [1.82, 2.24) is 9.97 Å². The van der Waals surface area contributed by atoms with Crippen molar-refractivity contribution in [2.45, 2.75) is 19.8 Å². The van der Waals surface area contributed by atoms with Crippen LogP contribution in [-0.4, -0.2) is 35.6 Å². The molecule has 0 spiro atoms. The zero-order chi connectivity index (χ0) is 18.6. The van der Waals surface area contributed by atoms with Crippen LogP contribution in [0.25, 0.3) is 11.0 Å². The normalized spacial score (nSPS) is 13.7. The molecule has 1 N–H and O–H groups in total. The molecule has 0 unspecified atom stereocenters. The van der Waals surface area contributed by atoms with Crippen molar-refractivity contribution < 1.29 is 9.53 Å². The highest BCUT2D eigenvalue weighted by Gasteiger charge is 2.23. The van der Waals surface area contributed by atoms with Gasteiger partial charge in [0.05, 0.1) is 17.6 Å². The van der Waals surface area contributed by atoms with Gasteiger partial charge in [-0.05, 0) is 56.2 Å². The van der Waals surface area contributed by atoms with Crippen molar-refractivity contribution in [3.05, 3.63) is 54.2 Å². The minimum absolute atomic E-state index is 0.251. The van der Waals surface area contributed by atoms with E-state index in [-0.39, 0.29) is 5.91 Å². The molecule has 0 atom stereocenters. The van der Waals surface area contributed by atoms with Crippen molar-refractivity contribution in [1.29, 1.82) is 0 Å². The number of para-hydroxylation sites is 2. The van der Waals surface area contributed by atoms with E-state index in [2.05, 4.69) is 15.2 Å². The van der Waals surface area contributed by atoms with Gasteiger partial charge in [0.1, 0.15) is 5.75 Å². The van der Waals surface area contributed by atoms with E-state index in [1.165, 1.54) is 0 Å². The molecule has 0 bridgehead atoms. The number of hydrogen-bond acceptors (Lipinski definition) is 5. The molecule has 3 aromatic rings. The molecule has 0 aliphatic carbocycles. The molecule has 1 fully saturated rings. The number of fused-ring (bicyclic) bond motifs is 1. The Labute approximate surface area is 158 Å². The quantitative estimate of drug-likeness (QED) is 0.746. The van der Waals surface area contributed by atoms with Crippen LogP contribution in [0.15, 0.2) is 48.5 Å². The third-order valence-corrected chi connectivity index (χ3v) is 4.60. The van der Waals surface area contributed by atoms with Crippen LogP contribution in [-0.2, 0) is 0 Å². The van der Waals surface area contributed by atoms with Crippen LogP contribution < -0.4 is 15.0 Å². The number of anilines is 2. The number of nitrogens with one attached hydrogen (secondary N) is 1. The maximum atomic E-state index is 13.0. The lowest BCUT2D eigenvalue weighted by molar-refractivity contribution is 0.102. The SMILES string of the molecule is CCOc1ccc(NC(=O)c2nc3ccccc3nc2N2CCCC2)cc1. The van der Waals surface area contributed by atoms with E-state index >= 15 is 0 Å². The Bertz CT molecular complexity index is 950. The first-order valence-corrected chi connectivity index (χ1v) is 9.30. The van der Waals surface area contributed by atoms with E-state index in [1.807, 2.05) is 55.5 Å². The first kappa shape index (κ1) is 17.3. The minimum Gasteiger partial charge on any atom is -0.494 e. The average molecular weight is 362 g/mol. The second kappa shape index (κ2) is 7.61. The van der Waals surface area contributed by atoms with Gasteiger partial charge in [0, 0.05) is 18.8 Å². The number of ether oxygens (including phenoxy) is 1. The van der Waals surface area contributed by atoms with E-state index in [1.54, 1.807) is 0 Å². The lowest BCUT2D eigenvalue weighted by atomic mass is 10.2. The first-order chi connectivity index (χ1) is 13.2. The number of carbonyl (C=O) groups excluding carboxylic acids is 1. The van der Waals surface area contributed by atoms with Crippen molar-refractivity contribution in [2.75, 3.05) is 29.9 Å². The van der Waals surface area contributed by atoms with Gasteiger partial charge in [0.15, 0.2) is 11.5 Å². The highest BCUT2D eigenvalue weighted by molar-refractivity contribution is 6.07. The van der Waals surface area contributed by atoms with E-state index < -0.39 is 0 Å². The number of aromatic nitrogens is 2. The van der Waals surface area contributed by atoms with Crippen LogP contribution in [0.4, 0.5) is 11.5 Å². The topological polar surface area (TPSA) is 67.3 Å². The largest absolute Gasteiger partial charge is 0.494 e. The molecule has 1 saturated heterocycles. The Morgan fingerprint density at radius 1 is 1.04 bits per heavy atom. The smallest absolute Gasteiger partial charge is 0.278 e. The summed E-state index contributed by atoms with van der Waals surface area (Å²) in [6.45, 7) is 4.35.